The third kappa shape index (κ3) is 5.91. The number of benzene rings is 2. The molecule has 4 nitrogen and oxygen atoms in total. The highest BCUT2D eigenvalue weighted by molar-refractivity contribution is 5.88. The fourth-order valence-corrected chi connectivity index (χ4v) is 4.06. The summed E-state index contributed by atoms with van der Waals surface area (Å²) in [5, 5.41) is 3.14. The maximum atomic E-state index is 13.3. The minimum atomic E-state index is -0.548. The van der Waals surface area contributed by atoms with E-state index in [2.05, 4.69) is 5.32 Å². The first-order valence-electron chi connectivity index (χ1n) is 10.9. The van der Waals surface area contributed by atoms with Crippen LogP contribution in [0.5, 0.6) is 0 Å². The summed E-state index contributed by atoms with van der Waals surface area (Å²) < 4.78 is 13.3. The third-order valence-corrected chi connectivity index (χ3v) is 5.83. The predicted molar refractivity (Wildman–Crippen MR) is 116 cm³/mol. The van der Waals surface area contributed by atoms with Crippen LogP contribution in [0.15, 0.2) is 48.5 Å². The minimum absolute atomic E-state index is 0.0937. The number of hydrogen-bond donors (Lipinski definition) is 1. The van der Waals surface area contributed by atoms with Crippen molar-refractivity contribution in [1.29, 1.82) is 0 Å². The summed E-state index contributed by atoms with van der Waals surface area (Å²) >= 11 is 0. The number of rotatable bonds is 8. The number of halogens is 1. The molecular weight excluding hydrogens is 379 g/mol. The standard InChI is InChI=1S/C25H31FN2O2/c1-3-23(25(30)27-22-6-4-5-7-22)28(17-20-12-14-21(26)15-13-20)24(29)16-19-10-8-18(2)9-11-19/h8-15,22-23H,3-7,16-17H2,1-2H3,(H,27,30). The monoisotopic (exact) mass is 410 g/mol. The molecule has 0 heterocycles. The average molecular weight is 411 g/mol. The Morgan fingerprint density at radius 3 is 2.23 bits per heavy atom. The van der Waals surface area contributed by atoms with Crippen LogP contribution in [0.2, 0.25) is 0 Å². The third-order valence-electron chi connectivity index (χ3n) is 5.83. The first-order valence-corrected chi connectivity index (χ1v) is 10.9. The molecule has 0 bridgehead atoms. The molecule has 3 rings (SSSR count). The van der Waals surface area contributed by atoms with Crippen LogP contribution in [0.1, 0.15) is 55.7 Å². The second kappa shape index (κ2) is 10.4. The topological polar surface area (TPSA) is 49.4 Å². The smallest absolute Gasteiger partial charge is 0.243 e. The van der Waals surface area contributed by atoms with E-state index in [9.17, 15) is 14.0 Å². The second-order valence-corrected chi connectivity index (χ2v) is 8.22. The molecule has 160 valence electrons. The van der Waals surface area contributed by atoms with Crippen molar-refractivity contribution in [2.45, 2.75) is 71.0 Å². The maximum absolute atomic E-state index is 13.3. The van der Waals surface area contributed by atoms with Gasteiger partial charge in [0, 0.05) is 12.6 Å². The summed E-state index contributed by atoms with van der Waals surface area (Å²) in [6.07, 6.45) is 5.02. The number of hydrogen-bond acceptors (Lipinski definition) is 2. The molecule has 0 aliphatic heterocycles. The molecule has 0 radical (unpaired) electrons. The summed E-state index contributed by atoms with van der Waals surface area (Å²) in [4.78, 5) is 28.0. The Balaban J connectivity index is 1.80. The molecule has 1 aliphatic rings. The van der Waals surface area contributed by atoms with Crippen LogP contribution in [-0.4, -0.2) is 28.8 Å². The lowest BCUT2D eigenvalue weighted by Gasteiger charge is -2.31. The van der Waals surface area contributed by atoms with Crippen LogP contribution in [0.4, 0.5) is 4.39 Å². The van der Waals surface area contributed by atoms with Crippen molar-refractivity contribution in [3.63, 3.8) is 0 Å². The lowest BCUT2D eigenvalue weighted by Crippen LogP contribution is -2.51. The highest BCUT2D eigenvalue weighted by atomic mass is 19.1. The van der Waals surface area contributed by atoms with Crippen LogP contribution >= 0.6 is 0 Å². The summed E-state index contributed by atoms with van der Waals surface area (Å²) in [7, 11) is 0. The van der Waals surface area contributed by atoms with Gasteiger partial charge in [0.25, 0.3) is 0 Å². The van der Waals surface area contributed by atoms with Crippen molar-refractivity contribution in [2.75, 3.05) is 0 Å². The normalized spacial score (nSPS) is 15.0. The first kappa shape index (κ1) is 22.0. The molecule has 1 N–H and O–H groups in total. The number of carbonyl (C=O) groups excluding carboxylic acids is 2. The Morgan fingerprint density at radius 2 is 1.63 bits per heavy atom. The van der Waals surface area contributed by atoms with E-state index in [1.54, 1.807) is 17.0 Å². The Kier molecular flexibility index (Phi) is 7.61. The van der Waals surface area contributed by atoms with E-state index in [0.29, 0.717) is 6.42 Å². The molecule has 1 unspecified atom stereocenters. The number of amides is 2. The van der Waals surface area contributed by atoms with Gasteiger partial charge in [-0.15, -0.1) is 0 Å². The number of nitrogens with zero attached hydrogens (tertiary/aromatic N) is 1. The molecule has 2 amide bonds. The van der Waals surface area contributed by atoms with Gasteiger partial charge < -0.3 is 10.2 Å². The van der Waals surface area contributed by atoms with Crippen LogP contribution in [0.25, 0.3) is 0 Å². The SMILES string of the molecule is CCC(C(=O)NC1CCCC1)N(Cc1ccc(F)cc1)C(=O)Cc1ccc(C)cc1. The molecular formula is C25H31FN2O2. The molecule has 1 aliphatic carbocycles. The zero-order valence-electron chi connectivity index (χ0n) is 17.9. The summed E-state index contributed by atoms with van der Waals surface area (Å²) in [5.74, 6) is -0.511. The van der Waals surface area contributed by atoms with Crippen molar-refractivity contribution >= 4 is 11.8 Å². The quantitative estimate of drug-likeness (QED) is 0.694. The highest BCUT2D eigenvalue weighted by Gasteiger charge is 2.30. The second-order valence-electron chi connectivity index (χ2n) is 8.22. The molecule has 1 saturated carbocycles. The van der Waals surface area contributed by atoms with E-state index in [1.807, 2.05) is 38.1 Å². The maximum Gasteiger partial charge on any atom is 0.243 e. The number of carbonyl (C=O) groups is 2. The van der Waals surface area contributed by atoms with Gasteiger partial charge in [-0.3, -0.25) is 9.59 Å². The zero-order chi connectivity index (χ0) is 21.5. The van der Waals surface area contributed by atoms with Gasteiger partial charge >= 0.3 is 0 Å². The molecule has 0 aromatic heterocycles. The van der Waals surface area contributed by atoms with Gasteiger partial charge in [-0.05, 0) is 49.4 Å². The number of nitrogens with one attached hydrogen (secondary N) is 1. The van der Waals surface area contributed by atoms with Crippen molar-refractivity contribution < 1.29 is 14.0 Å². The zero-order valence-corrected chi connectivity index (χ0v) is 17.9. The van der Waals surface area contributed by atoms with E-state index in [-0.39, 0.29) is 36.6 Å². The van der Waals surface area contributed by atoms with Crippen LogP contribution in [0.3, 0.4) is 0 Å². The van der Waals surface area contributed by atoms with Crippen molar-refractivity contribution in [2.24, 2.45) is 0 Å². The molecule has 1 atom stereocenters. The van der Waals surface area contributed by atoms with E-state index in [0.717, 1.165) is 42.4 Å². The Bertz CT molecular complexity index is 842. The Labute approximate surface area is 178 Å². The van der Waals surface area contributed by atoms with Crippen LogP contribution in [0, 0.1) is 12.7 Å². The van der Waals surface area contributed by atoms with E-state index in [1.165, 1.54) is 12.1 Å². The number of aryl methyl sites for hydroxylation is 1. The summed E-state index contributed by atoms with van der Waals surface area (Å²) in [5.41, 5.74) is 2.86. The largest absolute Gasteiger partial charge is 0.352 e. The van der Waals surface area contributed by atoms with Gasteiger partial charge in [0.05, 0.1) is 6.42 Å². The lowest BCUT2D eigenvalue weighted by atomic mass is 10.1. The Hall–Kier alpha value is -2.69. The lowest BCUT2D eigenvalue weighted by molar-refractivity contribution is -0.141. The van der Waals surface area contributed by atoms with Gasteiger partial charge in [-0.2, -0.15) is 0 Å². The predicted octanol–water partition coefficient (Wildman–Crippen LogP) is 4.54. The van der Waals surface area contributed by atoms with Crippen molar-refractivity contribution in [1.82, 2.24) is 10.2 Å². The van der Waals surface area contributed by atoms with Gasteiger partial charge in [0.1, 0.15) is 11.9 Å². The average Bonchev–Trinajstić information content (AvgIpc) is 3.24. The minimum Gasteiger partial charge on any atom is -0.352 e. The van der Waals surface area contributed by atoms with Gasteiger partial charge in [0.15, 0.2) is 0 Å². The Morgan fingerprint density at radius 1 is 1.03 bits per heavy atom. The summed E-state index contributed by atoms with van der Waals surface area (Å²) in [6, 6.07) is 13.6. The van der Waals surface area contributed by atoms with Crippen LogP contribution < -0.4 is 5.32 Å². The van der Waals surface area contributed by atoms with Crippen molar-refractivity contribution in [3.05, 3.63) is 71.0 Å². The molecule has 30 heavy (non-hydrogen) atoms. The van der Waals surface area contributed by atoms with Gasteiger partial charge in [0.2, 0.25) is 11.8 Å². The van der Waals surface area contributed by atoms with Gasteiger partial charge in [-0.25, -0.2) is 4.39 Å². The van der Waals surface area contributed by atoms with Gasteiger partial charge in [-0.1, -0.05) is 61.7 Å². The summed E-state index contributed by atoms with van der Waals surface area (Å²) in [6.45, 7) is 4.21. The van der Waals surface area contributed by atoms with E-state index in [4.69, 9.17) is 0 Å². The first-order chi connectivity index (χ1) is 14.5. The van der Waals surface area contributed by atoms with Crippen LogP contribution in [-0.2, 0) is 22.6 Å². The molecule has 2 aromatic rings. The fourth-order valence-electron chi connectivity index (χ4n) is 4.06. The fraction of sp³-hybridized carbons (Fsp3) is 0.440. The molecule has 5 heteroatoms. The molecule has 0 spiro atoms. The highest BCUT2D eigenvalue weighted by Crippen LogP contribution is 2.20. The molecule has 1 fully saturated rings. The molecule has 2 aromatic carbocycles. The van der Waals surface area contributed by atoms with E-state index < -0.39 is 6.04 Å². The molecule has 0 saturated heterocycles. The van der Waals surface area contributed by atoms with Crippen molar-refractivity contribution in [3.8, 4) is 0 Å². The van der Waals surface area contributed by atoms with E-state index >= 15 is 0 Å².